The Hall–Kier alpha value is -0.0800. The molecule has 1 atom stereocenters. The van der Waals surface area contributed by atoms with Crippen LogP contribution in [0.2, 0.25) is 0 Å². The van der Waals surface area contributed by atoms with E-state index in [4.69, 9.17) is 5.73 Å². The van der Waals surface area contributed by atoms with Crippen molar-refractivity contribution in [3.05, 3.63) is 0 Å². The molecule has 2 aliphatic rings. The summed E-state index contributed by atoms with van der Waals surface area (Å²) in [4.78, 5) is 0. The molecule has 1 unspecified atom stereocenters. The standard InChI is InChI=1S/C12H23NO/c1-11(5-3-2-4-6-11)10(14)12(9-13)7-8-12/h10,14H,2-9,13H2,1H3. The van der Waals surface area contributed by atoms with Gasteiger partial charge in [-0.05, 0) is 31.1 Å². The summed E-state index contributed by atoms with van der Waals surface area (Å²) in [7, 11) is 0. The molecule has 0 spiro atoms. The third-order valence-corrected chi connectivity index (χ3v) is 4.53. The Morgan fingerprint density at radius 3 is 2.14 bits per heavy atom. The SMILES string of the molecule is CC1(C(O)C2(CN)CC2)CCCCC1. The number of aliphatic hydroxyl groups is 1. The molecule has 0 radical (unpaired) electrons. The fourth-order valence-electron chi connectivity index (χ4n) is 3.12. The number of aliphatic hydroxyl groups excluding tert-OH is 1. The molecule has 0 saturated heterocycles. The van der Waals surface area contributed by atoms with Crippen LogP contribution in [0.15, 0.2) is 0 Å². The van der Waals surface area contributed by atoms with Gasteiger partial charge in [0.15, 0.2) is 0 Å². The van der Waals surface area contributed by atoms with Gasteiger partial charge in [0.25, 0.3) is 0 Å². The van der Waals surface area contributed by atoms with Gasteiger partial charge < -0.3 is 10.8 Å². The second kappa shape index (κ2) is 3.49. The van der Waals surface area contributed by atoms with E-state index in [1.54, 1.807) is 0 Å². The molecule has 2 aliphatic carbocycles. The van der Waals surface area contributed by atoms with E-state index in [9.17, 15) is 5.11 Å². The van der Waals surface area contributed by atoms with E-state index in [0.29, 0.717) is 6.54 Å². The van der Waals surface area contributed by atoms with Crippen molar-refractivity contribution in [1.82, 2.24) is 0 Å². The van der Waals surface area contributed by atoms with Gasteiger partial charge in [0, 0.05) is 12.0 Å². The molecule has 0 amide bonds. The third kappa shape index (κ3) is 1.59. The largest absolute Gasteiger partial charge is 0.392 e. The van der Waals surface area contributed by atoms with E-state index in [0.717, 1.165) is 12.8 Å². The summed E-state index contributed by atoms with van der Waals surface area (Å²) in [5.41, 5.74) is 6.04. The van der Waals surface area contributed by atoms with Crippen molar-refractivity contribution in [1.29, 1.82) is 0 Å². The molecule has 3 N–H and O–H groups in total. The van der Waals surface area contributed by atoms with Crippen LogP contribution in [0.25, 0.3) is 0 Å². The number of rotatable bonds is 3. The molecule has 0 heterocycles. The van der Waals surface area contributed by atoms with E-state index < -0.39 is 0 Å². The maximum atomic E-state index is 10.4. The molecule has 2 fully saturated rings. The Labute approximate surface area is 86.9 Å². The lowest BCUT2D eigenvalue weighted by Crippen LogP contribution is -2.43. The topological polar surface area (TPSA) is 46.2 Å². The van der Waals surface area contributed by atoms with Crippen LogP contribution in [0.4, 0.5) is 0 Å². The molecule has 0 aromatic heterocycles. The van der Waals surface area contributed by atoms with Crippen molar-refractivity contribution < 1.29 is 5.11 Å². The third-order valence-electron chi connectivity index (χ3n) is 4.53. The highest BCUT2D eigenvalue weighted by Crippen LogP contribution is 2.55. The van der Waals surface area contributed by atoms with Crippen molar-refractivity contribution in [2.24, 2.45) is 16.6 Å². The van der Waals surface area contributed by atoms with Crippen LogP contribution in [0.3, 0.4) is 0 Å². The van der Waals surface area contributed by atoms with Crippen molar-refractivity contribution in [2.75, 3.05) is 6.54 Å². The second-order valence-electron chi connectivity index (χ2n) is 5.68. The van der Waals surface area contributed by atoms with E-state index >= 15 is 0 Å². The first-order valence-corrected chi connectivity index (χ1v) is 6.01. The molecular formula is C12H23NO. The first kappa shape index (κ1) is 10.4. The van der Waals surface area contributed by atoms with Crippen LogP contribution in [-0.2, 0) is 0 Å². The Morgan fingerprint density at radius 1 is 1.14 bits per heavy atom. The first-order chi connectivity index (χ1) is 6.63. The molecule has 2 rings (SSSR count). The minimum Gasteiger partial charge on any atom is -0.392 e. The van der Waals surface area contributed by atoms with Crippen LogP contribution in [0.5, 0.6) is 0 Å². The van der Waals surface area contributed by atoms with Gasteiger partial charge in [-0.15, -0.1) is 0 Å². The van der Waals surface area contributed by atoms with Crippen molar-refractivity contribution in [2.45, 2.75) is 58.0 Å². The molecule has 0 aliphatic heterocycles. The van der Waals surface area contributed by atoms with Gasteiger partial charge in [-0.25, -0.2) is 0 Å². The average molecular weight is 197 g/mol. The summed E-state index contributed by atoms with van der Waals surface area (Å²) < 4.78 is 0. The van der Waals surface area contributed by atoms with E-state index in [2.05, 4.69) is 6.92 Å². The van der Waals surface area contributed by atoms with Gasteiger partial charge in [-0.1, -0.05) is 26.2 Å². The maximum absolute atomic E-state index is 10.4. The fraction of sp³-hybridized carbons (Fsp3) is 1.00. The lowest BCUT2D eigenvalue weighted by Gasteiger charge is -2.41. The molecule has 2 nitrogen and oxygen atoms in total. The smallest absolute Gasteiger partial charge is 0.0661 e. The van der Waals surface area contributed by atoms with Gasteiger partial charge >= 0.3 is 0 Å². The van der Waals surface area contributed by atoms with Crippen LogP contribution >= 0.6 is 0 Å². The summed E-state index contributed by atoms with van der Waals surface area (Å²) in [6, 6.07) is 0. The van der Waals surface area contributed by atoms with Crippen LogP contribution in [0, 0.1) is 10.8 Å². The van der Waals surface area contributed by atoms with Gasteiger partial charge in [-0.3, -0.25) is 0 Å². The molecular weight excluding hydrogens is 174 g/mol. The molecule has 14 heavy (non-hydrogen) atoms. The monoisotopic (exact) mass is 197 g/mol. The first-order valence-electron chi connectivity index (χ1n) is 6.01. The lowest BCUT2D eigenvalue weighted by atomic mass is 9.67. The lowest BCUT2D eigenvalue weighted by molar-refractivity contribution is -0.0385. The van der Waals surface area contributed by atoms with E-state index in [-0.39, 0.29) is 16.9 Å². The summed E-state index contributed by atoms with van der Waals surface area (Å²) >= 11 is 0. The van der Waals surface area contributed by atoms with Crippen molar-refractivity contribution >= 4 is 0 Å². The van der Waals surface area contributed by atoms with Crippen molar-refractivity contribution in [3.63, 3.8) is 0 Å². The Balaban J connectivity index is 2.05. The summed E-state index contributed by atoms with van der Waals surface area (Å²) in [6.45, 7) is 2.93. The quantitative estimate of drug-likeness (QED) is 0.727. The molecule has 0 aromatic carbocycles. The Morgan fingerprint density at radius 2 is 1.71 bits per heavy atom. The van der Waals surface area contributed by atoms with Crippen LogP contribution in [-0.4, -0.2) is 17.8 Å². The van der Waals surface area contributed by atoms with E-state index in [1.165, 1.54) is 32.1 Å². The highest BCUT2D eigenvalue weighted by atomic mass is 16.3. The molecule has 0 bridgehead atoms. The molecule has 0 aromatic rings. The Bertz CT molecular complexity index is 204. The minimum absolute atomic E-state index is 0.103. The molecule has 2 saturated carbocycles. The predicted molar refractivity (Wildman–Crippen MR) is 57.9 cm³/mol. The highest BCUT2D eigenvalue weighted by molar-refractivity contribution is 5.05. The summed E-state index contributed by atoms with van der Waals surface area (Å²) in [6.07, 6.45) is 8.42. The second-order valence-corrected chi connectivity index (χ2v) is 5.68. The Kier molecular flexibility index (Phi) is 2.61. The average Bonchev–Trinajstić information content (AvgIpc) is 2.98. The fourth-order valence-corrected chi connectivity index (χ4v) is 3.12. The van der Waals surface area contributed by atoms with Crippen LogP contribution in [0.1, 0.15) is 51.9 Å². The minimum atomic E-state index is -0.153. The van der Waals surface area contributed by atoms with Gasteiger partial charge in [0.1, 0.15) is 0 Å². The number of hydrogen-bond donors (Lipinski definition) is 2. The predicted octanol–water partition coefficient (Wildman–Crippen LogP) is 2.06. The molecule has 2 heteroatoms. The zero-order valence-electron chi connectivity index (χ0n) is 9.26. The summed E-state index contributed by atoms with van der Waals surface area (Å²) in [5.74, 6) is 0. The number of nitrogens with two attached hydrogens (primary N) is 1. The van der Waals surface area contributed by atoms with E-state index in [1.807, 2.05) is 0 Å². The zero-order chi connectivity index (χ0) is 10.2. The van der Waals surface area contributed by atoms with Crippen molar-refractivity contribution in [3.8, 4) is 0 Å². The zero-order valence-corrected chi connectivity index (χ0v) is 9.26. The maximum Gasteiger partial charge on any atom is 0.0661 e. The normalized spacial score (nSPS) is 31.1. The highest BCUT2D eigenvalue weighted by Gasteiger charge is 2.54. The van der Waals surface area contributed by atoms with Crippen LogP contribution < -0.4 is 5.73 Å². The number of hydrogen-bond acceptors (Lipinski definition) is 2. The summed E-state index contributed by atoms with van der Waals surface area (Å²) in [5, 5.41) is 10.4. The molecule has 82 valence electrons. The van der Waals surface area contributed by atoms with Gasteiger partial charge in [-0.2, -0.15) is 0 Å². The van der Waals surface area contributed by atoms with Gasteiger partial charge in [0.05, 0.1) is 6.10 Å². The van der Waals surface area contributed by atoms with Gasteiger partial charge in [0.2, 0.25) is 0 Å².